The molecule has 0 unspecified atom stereocenters. The lowest BCUT2D eigenvalue weighted by Crippen LogP contribution is -2.35. The maximum atomic E-state index is 13.3. The summed E-state index contributed by atoms with van der Waals surface area (Å²) < 4.78 is 38.4. The first-order valence-electron chi connectivity index (χ1n) is 8.52. The highest BCUT2D eigenvalue weighted by molar-refractivity contribution is 7.92. The standard InChI is InChI=1S/C19H22N2O5S/c1-13(22)20-17-12-16(7-9-19(17)26-3)27(23,24)21-10-4-5-14-11-15(25-2)6-8-18(14)21/h6-9,11-12H,4-5,10H2,1-3H3,(H,20,22). The molecule has 0 spiro atoms. The molecular weight excluding hydrogens is 368 g/mol. The lowest BCUT2D eigenvalue weighted by atomic mass is 10.0. The van der Waals surface area contributed by atoms with E-state index in [0.29, 0.717) is 35.8 Å². The fourth-order valence-electron chi connectivity index (χ4n) is 3.18. The van der Waals surface area contributed by atoms with Gasteiger partial charge in [0.25, 0.3) is 10.0 Å². The van der Waals surface area contributed by atoms with E-state index >= 15 is 0 Å². The maximum Gasteiger partial charge on any atom is 0.264 e. The van der Waals surface area contributed by atoms with Crippen molar-refractivity contribution in [3.63, 3.8) is 0 Å². The van der Waals surface area contributed by atoms with Gasteiger partial charge in [-0.25, -0.2) is 8.42 Å². The molecule has 0 aromatic heterocycles. The van der Waals surface area contributed by atoms with Crippen molar-refractivity contribution in [1.29, 1.82) is 0 Å². The number of hydrogen-bond acceptors (Lipinski definition) is 5. The van der Waals surface area contributed by atoms with Crippen molar-refractivity contribution in [2.75, 3.05) is 30.4 Å². The highest BCUT2D eigenvalue weighted by atomic mass is 32.2. The first-order chi connectivity index (χ1) is 12.9. The molecule has 1 aliphatic rings. The van der Waals surface area contributed by atoms with Gasteiger partial charge in [0.1, 0.15) is 11.5 Å². The summed E-state index contributed by atoms with van der Waals surface area (Å²) in [6.45, 7) is 1.75. The minimum atomic E-state index is -3.79. The molecule has 1 amide bonds. The van der Waals surface area contributed by atoms with Crippen LogP contribution in [0.5, 0.6) is 11.5 Å². The maximum absolute atomic E-state index is 13.3. The summed E-state index contributed by atoms with van der Waals surface area (Å²) in [6.07, 6.45) is 1.51. The minimum Gasteiger partial charge on any atom is -0.497 e. The molecule has 0 radical (unpaired) electrons. The third kappa shape index (κ3) is 3.71. The number of nitrogens with zero attached hydrogens (tertiary/aromatic N) is 1. The Hall–Kier alpha value is -2.74. The van der Waals surface area contributed by atoms with Crippen molar-refractivity contribution < 1.29 is 22.7 Å². The normalized spacial score (nSPS) is 13.7. The number of benzene rings is 2. The molecule has 2 aromatic carbocycles. The number of methoxy groups -OCH3 is 2. The highest BCUT2D eigenvalue weighted by Gasteiger charge is 2.30. The molecule has 2 aromatic rings. The number of nitrogens with one attached hydrogen (secondary N) is 1. The van der Waals surface area contributed by atoms with E-state index in [-0.39, 0.29) is 10.8 Å². The second kappa shape index (κ2) is 7.48. The third-order valence-electron chi connectivity index (χ3n) is 4.43. The van der Waals surface area contributed by atoms with Crippen LogP contribution in [0.3, 0.4) is 0 Å². The van der Waals surface area contributed by atoms with Gasteiger partial charge in [-0.05, 0) is 54.8 Å². The summed E-state index contributed by atoms with van der Waals surface area (Å²) in [6, 6.07) is 9.84. The molecular formula is C19H22N2O5S. The van der Waals surface area contributed by atoms with Crippen LogP contribution < -0.4 is 19.1 Å². The van der Waals surface area contributed by atoms with E-state index < -0.39 is 10.0 Å². The predicted molar refractivity (Wildman–Crippen MR) is 103 cm³/mol. The van der Waals surface area contributed by atoms with Crippen LogP contribution in [0.15, 0.2) is 41.3 Å². The van der Waals surface area contributed by atoms with Crippen molar-refractivity contribution >= 4 is 27.3 Å². The Balaban J connectivity index is 2.04. The average Bonchev–Trinajstić information content (AvgIpc) is 2.66. The highest BCUT2D eigenvalue weighted by Crippen LogP contribution is 2.36. The lowest BCUT2D eigenvalue weighted by molar-refractivity contribution is -0.114. The molecule has 0 saturated heterocycles. The van der Waals surface area contributed by atoms with Crippen LogP contribution in [0.4, 0.5) is 11.4 Å². The van der Waals surface area contributed by atoms with Gasteiger partial charge in [0, 0.05) is 13.5 Å². The number of carbonyl (C=O) groups excluding carboxylic acids is 1. The second-order valence-corrected chi connectivity index (χ2v) is 8.08. The zero-order chi connectivity index (χ0) is 19.6. The van der Waals surface area contributed by atoms with Crippen molar-refractivity contribution in [2.45, 2.75) is 24.7 Å². The molecule has 0 aliphatic carbocycles. The number of rotatable bonds is 5. The summed E-state index contributed by atoms with van der Waals surface area (Å²) in [5.41, 5.74) is 1.90. The number of hydrogen-bond donors (Lipinski definition) is 1. The Morgan fingerprint density at radius 3 is 2.56 bits per heavy atom. The SMILES string of the molecule is COc1ccc2c(c1)CCCN2S(=O)(=O)c1ccc(OC)c(NC(C)=O)c1. The fraction of sp³-hybridized carbons (Fsp3) is 0.316. The van der Waals surface area contributed by atoms with Gasteiger partial charge in [-0.15, -0.1) is 0 Å². The Labute approximate surface area is 158 Å². The van der Waals surface area contributed by atoms with Crippen molar-refractivity contribution in [1.82, 2.24) is 0 Å². The van der Waals surface area contributed by atoms with Gasteiger partial charge in [0.15, 0.2) is 0 Å². The van der Waals surface area contributed by atoms with Gasteiger partial charge < -0.3 is 14.8 Å². The van der Waals surface area contributed by atoms with E-state index in [1.807, 2.05) is 6.07 Å². The number of ether oxygens (including phenoxy) is 2. The van der Waals surface area contributed by atoms with Crippen LogP contribution in [-0.2, 0) is 21.2 Å². The van der Waals surface area contributed by atoms with Gasteiger partial charge in [-0.2, -0.15) is 0 Å². The summed E-state index contributed by atoms with van der Waals surface area (Å²) in [5.74, 6) is 0.789. The van der Waals surface area contributed by atoms with E-state index in [9.17, 15) is 13.2 Å². The number of sulfonamides is 1. The topological polar surface area (TPSA) is 84.9 Å². The Morgan fingerprint density at radius 1 is 1.11 bits per heavy atom. The molecule has 1 heterocycles. The number of aryl methyl sites for hydroxylation is 1. The minimum absolute atomic E-state index is 0.0933. The number of carbonyl (C=O) groups is 1. The Bertz CT molecular complexity index is 972. The second-order valence-electron chi connectivity index (χ2n) is 6.22. The molecule has 7 nitrogen and oxygen atoms in total. The molecule has 3 rings (SSSR count). The quantitative estimate of drug-likeness (QED) is 0.849. The summed E-state index contributed by atoms with van der Waals surface area (Å²) in [7, 11) is -0.748. The van der Waals surface area contributed by atoms with Crippen molar-refractivity contribution in [3.8, 4) is 11.5 Å². The van der Waals surface area contributed by atoms with E-state index in [4.69, 9.17) is 9.47 Å². The largest absolute Gasteiger partial charge is 0.497 e. The molecule has 1 N–H and O–H groups in total. The summed E-state index contributed by atoms with van der Waals surface area (Å²) in [4.78, 5) is 11.5. The van der Waals surface area contributed by atoms with Gasteiger partial charge in [-0.3, -0.25) is 9.10 Å². The summed E-state index contributed by atoms with van der Waals surface area (Å²) >= 11 is 0. The average molecular weight is 390 g/mol. The Morgan fingerprint density at radius 2 is 1.89 bits per heavy atom. The molecule has 1 aliphatic heterocycles. The lowest BCUT2D eigenvalue weighted by Gasteiger charge is -2.31. The van der Waals surface area contributed by atoms with Crippen LogP contribution in [-0.4, -0.2) is 35.1 Å². The monoisotopic (exact) mass is 390 g/mol. The molecule has 8 heteroatoms. The van der Waals surface area contributed by atoms with E-state index in [0.717, 1.165) is 12.0 Å². The third-order valence-corrected chi connectivity index (χ3v) is 6.24. The van der Waals surface area contributed by atoms with E-state index in [1.165, 1.54) is 36.5 Å². The van der Waals surface area contributed by atoms with Crippen molar-refractivity contribution in [2.24, 2.45) is 0 Å². The number of fused-ring (bicyclic) bond motifs is 1. The van der Waals surface area contributed by atoms with E-state index in [2.05, 4.69) is 5.32 Å². The van der Waals surface area contributed by atoms with E-state index in [1.54, 1.807) is 19.2 Å². The predicted octanol–water partition coefficient (Wildman–Crippen LogP) is 2.80. The van der Waals surface area contributed by atoms with Gasteiger partial charge in [0.2, 0.25) is 5.91 Å². The number of amides is 1. The Kier molecular flexibility index (Phi) is 5.27. The molecule has 144 valence electrons. The molecule has 0 fully saturated rings. The number of anilines is 2. The van der Waals surface area contributed by atoms with Crippen LogP contribution in [0.1, 0.15) is 18.9 Å². The fourth-order valence-corrected chi connectivity index (χ4v) is 4.75. The van der Waals surface area contributed by atoms with Gasteiger partial charge >= 0.3 is 0 Å². The van der Waals surface area contributed by atoms with Gasteiger partial charge in [-0.1, -0.05) is 0 Å². The zero-order valence-corrected chi connectivity index (χ0v) is 16.3. The first-order valence-corrected chi connectivity index (χ1v) is 9.96. The molecule has 0 bridgehead atoms. The van der Waals surface area contributed by atoms with Crippen LogP contribution in [0.2, 0.25) is 0 Å². The van der Waals surface area contributed by atoms with Gasteiger partial charge in [0.05, 0.1) is 30.5 Å². The molecule has 0 atom stereocenters. The molecule has 0 saturated carbocycles. The zero-order valence-electron chi connectivity index (χ0n) is 15.5. The molecule has 27 heavy (non-hydrogen) atoms. The first kappa shape index (κ1) is 19.0. The van der Waals surface area contributed by atoms with Crippen molar-refractivity contribution in [3.05, 3.63) is 42.0 Å². The smallest absolute Gasteiger partial charge is 0.264 e. The van der Waals surface area contributed by atoms with Crippen LogP contribution in [0.25, 0.3) is 0 Å². The van der Waals surface area contributed by atoms with Crippen LogP contribution >= 0.6 is 0 Å². The summed E-state index contributed by atoms with van der Waals surface area (Å²) in [5, 5.41) is 2.61. The van der Waals surface area contributed by atoms with Crippen LogP contribution in [0, 0.1) is 0 Å².